The summed E-state index contributed by atoms with van der Waals surface area (Å²) < 4.78 is 23.1. The van der Waals surface area contributed by atoms with Gasteiger partial charge >= 0.3 is 12.0 Å². The van der Waals surface area contributed by atoms with Gasteiger partial charge in [-0.05, 0) is 30.2 Å². The molecule has 200 valence electrons. The topological polar surface area (TPSA) is 119 Å². The van der Waals surface area contributed by atoms with E-state index in [0.29, 0.717) is 25.3 Å². The molecule has 2 amide bonds. The first-order valence-corrected chi connectivity index (χ1v) is 12.6. The molecule has 2 aromatic rings. The van der Waals surface area contributed by atoms with E-state index in [0.717, 1.165) is 36.3 Å². The van der Waals surface area contributed by atoms with Gasteiger partial charge in [-0.1, -0.05) is 36.4 Å². The highest BCUT2D eigenvalue weighted by atomic mass is 16.7. The third kappa shape index (κ3) is 7.98. The van der Waals surface area contributed by atoms with E-state index in [1.807, 2.05) is 36.4 Å². The Labute approximate surface area is 216 Å². The predicted molar refractivity (Wildman–Crippen MR) is 136 cm³/mol. The number of aliphatic hydroxyl groups is 1. The number of hydrogen-bond acceptors (Lipinski definition) is 8. The maximum Gasteiger partial charge on any atom is 0.325 e. The van der Waals surface area contributed by atoms with Gasteiger partial charge in [-0.2, -0.15) is 0 Å². The molecule has 0 radical (unpaired) electrons. The van der Waals surface area contributed by atoms with E-state index in [9.17, 15) is 14.7 Å². The van der Waals surface area contributed by atoms with Crippen LogP contribution in [-0.4, -0.2) is 74.1 Å². The van der Waals surface area contributed by atoms with Gasteiger partial charge in [0.05, 0.1) is 38.6 Å². The lowest BCUT2D eigenvalue weighted by atomic mass is 9.99. The van der Waals surface area contributed by atoms with Crippen LogP contribution in [-0.2, 0) is 30.3 Å². The van der Waals surface area contributed by atoms with Crippen LogP contribution in [0.1, 0.15) is 42.4 Å². The zero-order valence-electron chi connectivity index (χ0n) is 21.1. The molecule has 2 aliphatic heterocycles. The third-order valence-corrected chi connectivity index (χ3v) is 6.30. The average molecular weight is 514 g/mol. The van der Waals surface area contributed by atoms with Crippen molar-refractivity contribution in [3.05, 3.63) is 65.2 Å². The molecule has 2 fully saturated rings. The first-order chi connectivity index (χ1) is 18.0. The number of amides is 2. The summed E-state index contributed by atoms with van der Waals surface area (Å²) in [7, 11) is 0. The number of morpholine rings is 1. The van der Waals surface area contributed by atoms with Crippen LogP contribution in [0.3, 0.4) is 0 Å². The minimum Gasteiger partial charge on any atom is -0.465 e. The molecule has 3 N–H and O–H groups in total. The summed E-state index contributed by atoms with van der Waals surface area (Å²) >= 11 is 0. The van der Waals surface area contributed by atoms with E-state index in [-0.39, 0.29) is 32.0 Å². The highest BCUT2D eigenvalue weighted by molar-refractivity contribution is 5.91. The molecule has 0 spiro atoms. The molecular weight excluding hydrogens is 478 g/mol. The van der Waals surface area contributed by atoms with Crippen molar-refractivity contribution >= 4 is 17.7 Å². The fraction of sp³-hybridized carbons (Fsp3) is 0.481. The Morgan fingerprint density at radius 2 is 1.86 bits per heavy atom. The maximum absolute atomic E-state index is 12.2. The zero-order valence-corrected chi connectivity index (χ0v) is 21.1. The molecule has 4 rings (SSSR count). The second-order valence-corrected chi connectivity index (χ2v) is 9.00. The van der Waals surface area contributed by atoms with E-state index in [2.05, 4.69) is 15.5 Å². The quantitative estimate of drug-likeness (QED) is 0.438. The van der Waals surface area contributed by atoms with Gasteiger partial charge in [-0.25, -0.2) is 4.79 Å². The number of ether oxygens (including phenoxy) is 4. The monoisotopic (exact) mass is 513 g/mol. The Morgan fingerprint density at radius 3 is 2.59 bits per heavy atom. The Balaban J connectivity index is 1.46. The van der Waals surface area contributed by atoms with Gasteiger partial charge in [0.25, 0.3) is 0 Å². The van der Waals surface area contributed by atoms with Crippen molar-refractivity contribution in [2.24, 2.45) is 0 Å². The van der Waals surface area contributed by atoms with Gasteiger partial charge in [0, 0.05) is 37.3 Å². The Hall–Kier alpha value is -3.02. The Kier molecular flexibility index (Phi) is 9.86. The number of benzene rings is 2. The number of nitrogens with one attached hydrogen (secondary N) is 2. The molecule has 37 heavy (non-hydrogen) atoms. The van der Waals surface area contributed by atoms with Crippen molar-refractivity contribution in [1.82, 2.24) is 10.2 Å². The number of carbonyl (C=O) groups is 2. The second-order valence-electron chi connectivity index (χ2n) is 9.00. The number of hydrogen-bond donors (Lipinski definition) is 3. The van der Waals surface area contributed by atoms with E-state index in [4.69, 9.17) is 18.9 Å². The number of aliphatic hydroxyl groups excluding tert-OH is 1. The third-order valence-electron chi connectivity index (χ3n) is 6.30. The van der Waals surface area contributed by atoms with Gasteiger partial charge in [0.15, 0.2) is 6.29 Å². The average Bonchev–Trinajstić information content (AvgIpc) is 2.93. The zero-order chi connectivity index (χ0) is 26.0. The molecule has 3 atom stereocenters. The number of esters is 1. The van der Waals surface area contributed by atoms with Crippen molar-refractivity contribution in [3.63, 3.8) is 0 Å². The molecule has 0 aromatic heterocycles. The number of anilines is 1. The van der Waals surface area contributed by atoms with Crippen LogP contribution in [0.5, 0.6) is 0 Å². The first kappa shape index (κ1) is 27.0. The Bertz CT molecular complexity index is 1030. The van der Waals surface area contributed by atoms with E-state index < -0.39 is 18.3 Å². The Morgan fingerprint density at radius 1 is 1.08 bits per heavy atom. The lowest BCUT2D eigenvalue weighted by molar-refractivity contribution is -0.253. The maximum atomic E-state index is 12.2. The van der Waals surface area contributed by atoms with Gasteiger partial charge in [-0.15, -0.1) is 0 Å². The summed E-state index contributed by atoms with van der Waals surface area (Å²) in [4.78, 5) is 26.1. The van der Waals surface area contributed by atoms with Gasteiger partial charge < -0.3 is 34.7 Å². The van der Waals surface area contributed by atoms with E-state index in [1.54, 1.807) is 19.1 Å². The smallest absolute Gasteiger partial charge is 0.325 e. The highest BCUT2D eigenvalue weighted by Gasteiger charge is 2.33. The minimum absolute atomic E-state index is 0.00957. The van der Waals surface area contributed by atoms with Gasteiger partial charge in [-0.3, -0.25) is 9.69 Å². The summed E-state index contributed by atoms with van der Waals surface area (Å²) in [6.07, 6.45) is -0.196. The van der Waals surface area contributed by atoms with Crippen molar-refractivity contribution < 1.29 is 33.6 Å². The lowest BCUT2D eigenvalue weighted by Gasteiger charge is -2.39. The largest absolute Gasteiger partial charge is 0.465 e. The van der Waals surface area contributed by atoms with Crippen LogP contribution in [0, 0.1) is 0 Å². The summed E-state index contributed by atoms with van der Waals surface area (Å²) in [6.45, 7) is 5.66. The first-order valence-electron chi connectivity index (χ1n) is 12.6. The second kappa shape index (κ2) is 13.5. The normalized spacial score (nSPS) is 22.3. The number of urea groups is 1. The number of nitrogens with zero attached hydrogens (tertiary/aromatic N) is 1. The molecule has 2 heterocycles. The summed E-state index contributed by atoms with van der Waals surface area (Å²) in [6, 6.07) is 14.5. The molecule has 0 unspecified atom stereocenters. The van der Waals surface area contributed by atoms with Gasteiger partial charge in [0.1, 0.15) is 6.54 Å². The minimum atomic E-state index is -0.633. The molecule has 2 aliphatic rings. The number of carbonyl (C=O) groups excluding carboxylic acids is 2. The predicted octanol–water partition coefficient (Wildman–Crippen LogP) is 2.74. The number of rotatable bonds is 9. The van der Waals surface area contributed by atoms with Gasteiger partial charge in [0.2, 0.25) is 0 Å². The van der Waals surface area contributed by atoms with Crippen molar-refractivity contribution in [2.45, 2.75) is 38.4 Å². The van der Waals surface area contributed by atoms with Crippen LogP contribution >= 0.6 is 0 Å². The van der Waals surface area contributed by atoms with Crippen LogP contribution in [0.2, 0.25) is 0 Å². The molecule has 10 nitrogen and oxygen atoms in total. The van der Waals surface area contributed by atoms with E-state index in [1.165, 1.54) is 0 Å². The fourth-order valence-corrected chi connectivity index (χ4v) is 4.41. The summed E-state index contributed by atoms with van der Waals surface area (Å²) in [5.74, 6) is -0.500. The highest BCUT2D eigenvalue weighted by Crippen LogP contribution is 2.38. The standard InChI is InChI=1S/C27H35N3O7/c1-2-35-25(32)16-28-27(33)29-22-5-3-4-21(14-22)26-36-23(17-30-10-12-34-13-11-30)15-24(37-26)20-8-6-19(18-31)7-9-20/h3-9,14,23-24,26,31H,2,10-13,15-18H2,1H3,(H2,28,29,33)/t23-,24+,26+/m1/s1. The van der Waals surface area contributed by atoms with Crippen molar-refractivity contribution in [3.8, 4) is 0 Å². The summed E-state index contributed by atoms with van der Waals surface area (Å²) in [5, 5.41) is 14.6. The molecular formula is C27H35N3O7. The van der Waals surface area contributed by atoms with Crippen LogP contribution in [0.4, 0.5) is 10.5 Å². The molecule has 0 aliphatic carbocycles. The molecule has 10 heteroatoms. The van der Waals surface area contributed by atoms with E-state index >= 15 is 0 Å². The lowest BCUT2D eigenvalue weighted by Crippen LogP contribution is -2.44. The van der Waals surface area contributed by atoms with Crippen molar-refractivity contribution in [1.29, 1.82) is 0 Å². The SMILES string of the molecule is CCOC(=O)CNC(=O)Nc1cccc([C@H]2O[C@@H](CN3CCOCC3)C[C@@H](c3ccc(CO)cc3)O2)c1. The van der Waals surface area contributed by atoms with Crippen LogP contribution in [0.25, 0.3) is 0 Å². The molecule has 2 aromatic carbocycles. The van der Waals surface area contributed by atoms with Crippen LogP contribution in [0.15, 0.2) is 48.5 Å². The summed E-state index contributed by atoms with van der Waals surface area (Å²) in [5.41, 5.74) is 3.18. The fourth-order valence-electron chi connectivity index (χ4n) is 4.41. The molecule has 0 bridgehead atoms. The van der Waals surface area contributed by atoms with Crippen molar-refractivity contribution in [2.75, 3.05) is 51.3 Å². The van der Waals surface area contributed by atoms with Crippen LogP contribution < -0.4 is 10.6 Å². The molecule has 2 saturated heterocycles. The molecule has 0 saturated carbocycles.